The van der Waals surface area contributed by atoms with Gasteiger partial charge in [-0.05, 0) is 29.8 Å². The second-order valence-corrected chi connectivity index (χ2v) is 7.35. The zero-order chi connectivity index (χ0) is 19.4. The maximum Gasteiger partial charge on any atom is 0.272 e. The second-order valence-electron chi connectivity index (χ2n) is 5.42. The van der Waals surface area contributed by atoms with E-state index < -0.39 is 10.8 Å². The first-order valence-corrected chi connectivity index (χ1v) is 9.32. The Morgan fingerprint density at radius 1 is 1.37 bits per heavy atom. The topological polar surface area (TPSA) is 77.5 Å². The van der Waals surface area contributed by atoms with Crippen molar-refractivity contribution in [2.75, 3.05) is 0 Å². The van der Waals surface area contributed by atoms with Crippen LogP contribution in [0.4, 0.5) is 5.69 Å². The Kier molecular flexibility index (Phi) is 5.64. The summed E-state index contributed by atoms with van der Waals surface area (Å²) in [7, 11) is 0. The fraction of sp³-hybridized carbons (Fsp3) is 0.0526. The largest absolute Gasteiger partial charge is 0.305 e. The normalized spacial score (nSPS) is 11.8. The Morgan fingerprint density at radius 3 is 2.93 bits per heavy atom. The van der Waals surface area contributed by atoms with Gasteiger partial charge in [0.05, 0.1) is 21.7 Å². The maximum atomic E-state index is 12.2. The minimum absolute atomic E-state index is 0.0384. The number of nitro benzene ring substituents is 1. The Labute approximate surface area is 166 Å². The highest BCUT2D eigenvalue weighted by Gasteiger charge is 2.07. The number of hydrogen-bond donors (Lipinski definition) is 0. The first-order valence-electron chi connectivity index (χ1n) is 7.71. The number of halogens is 1. The number of terminal acetylenes is 1. The molecule has 8 heteroatoms. The van der Waals surface area contributed by atoms with Crippen molar-refractivity contribution in [3.8, 4) is 12.3 Å². The van der Waals surface area contributed by atoms with Gasteiger partial charge in [-0.2, -0.15) is 4.99 Å². The Bertz CT molecular complexity index is 1180. The second kappa shape index (κ2) is 8.12. The van der Waals surface area contributed by atoms with E-state index in [1.165, 1.54) is 35.6 Å². The molecule has 6 nitrogen and oxygen atoms in total. The molecule has 0 radical (unpaired) electrons. The number of thiazole rings is 1. The van der Waals surface area contributed by atoms with E-state index >= 15 is 0 Å². The van der Waals surface area contributed by atoms with Gasteiger partial charge in [0.2, 0.25) is 0 Å². The molecule has 3 rings (SSSR count). The average molecular weight is 442 g/mol. The van der Waals surface area contributed by atoms with Crippen molar-refractivity contribution in [2.45, 2.75) is 6.54 Å². The summed E-state index contributed by atoms with van der Waals surface area (Å²) in [5.74, 6) is 2.10. The monoisotopic (exact) mass is 441 g/mol. The van der Waals surface area contributed by atoms with Crippen LogP contribution in [-0.2, 0) is 11.3 Å². The Hall–Kier alpha value is -3.02. The van der Waals surface area contributed by atoms with E-state index in [1.807, 2.05) is 18.2 Å². The predicted molar refractivity (Wildman–Crippen MR) is 109 cm³/mol. The van der Waals surface area contributed by atoms with Crippen LogP contribution in [0.25, 0.3) is 16.3 Å². The number of fused-ring (bicyclic) bond motifs is 1. The van der Waals surface area contributed by atoms with Crippen LogP contribution < -0.4 is 4.80 Å². The summed E-state index contributed by atoms with van der Waals surface area (Å²) < 4.78 is 3.67. The third-order valence-corrected chi connectivity index (χ3v) is 5.13. The van der Waals surface area contributed by atoms with Gasteiger partial charge in [-0.25, -0.2) is 0 Å². The molecule has 0 saturated carbocycles. The lowest BCUT2D eigenvalue weighted by Crippen LogP contribution is -2.15. The molecule has 0 bridgehead atoms. The van der Waals surface area contributed by atoms with Crippen LogP contribution in [-0.4, -0.2) is 15.4 Å². The summed E-state index contributed by atoms with van der Waals surface area (Å²) in [5, 5.41) is 10.8. The molecule has 0 fully saturated rings. The van der Waals surface area contributed by atoms with Crippen LogP contribution in [0.5, 0.6) is 0 Å². The fourth-order valence-electron chi connectivity index (χ4n) is 2.42. The van der Waals surface area contributed by atoms with Crippen LogP contribution in [0.3, 0.4) is 0 Å². The number of carbonyl (C=O) groups is 1. The first kappa shape index (κ1) is 18.8. The van der Waals surface area contributed by atoms with Crippen LogP contribution in [0.1, 0.15) is 5.56 Å². The molecular weight excluding hydrogens is 430 g/mol. The lowest BCUT2D eigenvalue weighted by Gasteiger charge is -1.99. The molecule has 134 valence electrons. The molecule has 0 saturated heterocycles. The molecule has 1 heterocycles. The van der Waals surface area contributed by atoms with Crippen molar-refractivity contribution < 1.29 is 9.72 Å². The van der Waals surface area contributed by atoms with Gasteiger partial charge in [0.25, 0.3) is 11.6 Å². The smallest absolute Gasteiger partial charge is 0.272 e. The zero-order valence-corrected chi connectivity index (χ0v) is 16.2. The number of amides is 1. The molecule has 0 unspecified atom stereocenters. The van der Waals surface area contributed by atoms with Crippen LogP contribution >= 0.6 is 27.3 Å². The van der Waals surface area contributed by atoms with Crippen molar-refractivity contribution in [1.82, 2.24) is 4.57 Å². The highest BCUT2D eigenvalue weighted by Crippen LogP contribution is 2.22. The van der Waals surface area contributed by atoms with E-state index in [2.05, 4.69) is 26.8 Å². The Morgan fingerprint density at radius 2 is 2.19 bits per heavy atom. The SMILES string of the molecule is C#CCn1c(=NC(=O)/C=C/c2cccc([N+](=O)[O-])c2)sc2cc(Br)ccc21. The van der Waals surface area contributed by atoms with E-state index in [4.69, 9.17) is 6.42 Å². The minimum atomic E-state index is -0.485. The first-order chi connectivity index (χ1) is 13.0. The molecule has 0 aliphatic carbocycles. The van der Waals surface area contributed by atoms with E-state index in [-0.39, 0.29) is 5.69 Å². The fourth-order valence-corrected chi connectivity index (χ4v) is 4.00. The van der Waals surface area contributed by atoms with Crippen LogP contribution in [0, 0.1) is 22.5 Å². The molecule has 0 atom stereocenters. The minimum Gasteiger partial charge on any atom is -0.305 e. The molecule has 2 aromatic carbocycles. The molecule has 0 aliphatic heterocycles. The molecule has 27 heavy (non-hydrogen) atoms. The summed E-state index contributed by atoms with van der Waals surface area (Å²) in [6, 6.07) is 11.8. The quantitative estimate of drug-likeness (QED) is 0.264. The van der Waals surface area contributed by atoms with Gasteiger partial charge in [0.15, 0.2) is 4.80 Å². The number of benzene rings is 2. The molecular formula is C19H12BrN3O3S. The van der Waals surface area contributed by atoms with Crippen molar-refractivity contribution >= 4 is 55.2 Å². The number of non-ortho nitro benzene ring substituents is 1. The molecule has 0 spiro atoms. The summed E-state index contributed by atoms with van der Waals surface area (Å²) in [4.78, 5) is 27.2. The third kappa shape index (κ3) is 4.39. The highest BCUT2D eigenvalue weighted by molar-refractivity contribution is 9.10. The number of hydrogen-bond acceptors (Lipinski definition) is 4. The number of aromatic nitrogens is 1. The average Bonchev–Trinajstić information content (AvgIpc) is 2.97. The molecule has 0 aliphatic rings. The zero-order valence-electron chi connectivity index (χ0n) is 13.8. The van der Waals surface area contributed by atoms with Crippen molar-refractivity contribution in [3.63, 3.8) is 0 Å². The lowest BCUT2D eigenvalue weighted by molar-refractivity contribution is -0.384. The maximum absolute atomic E-state index is 12.2. The van der Waals surface area contributed by atoms with Gasteiger partial charge in [0.1, 0.15) is 0 Å². The predicted octanol–water partition coefficient (Wildman–Crippen LogP) is 4.15. The molecule has 3 aromatic rings. The Balaban J connectivity index is 1.95. The van der Waals surface area contributed by atoms with Crippen LogP contribution in [0.15, 0.2) is 58.0 Å². The molecule has 1 amide bonds. The number of carbonyl (C=O) groups excluding carboxylic acids is 1. The van der Waals surface area contributed by atoms with E-state index in [0.29, 0.717) is 16.9 Å². The molecule has 0 N–H and O–H groups in total. The number of nitrogens with zero attached hydrogens (tertiary/aromatic N) is 3. The van der Waals surface area contributed by atoms with Crippen molar-refractivity contribution in [1.29, 1.82) is 0 Å². The summed E-state index contributed by atoms with van der Waals surface area (Å²) in [6.07, 6.45) is 8.21. The van der Waals surface area contributed by atoms with Gasteiger partial charge >= 0.3 is 0 Å². The van der Waals surface area contributed by atoms with Gasteiger partial charge < -0.3 is 4.57 Å². The molecule has 1 aromatic heterocycles. The summed E-state index contributed by atoms with van der Waals surface area (Å²) >= 11 is 4.78. The third-order valence-electron chi connectivity index (χ3n) is 3.60. The standard InChI is InChI=1S/C19H12BrN3O3S/c1-2-10-22-16-8-7-14(20)12-17(16)27-19(22)21-18(24)9-6-13-4-3-5-15(11-13)23(25)26/h1,3-9,11-12H,10H2/b9-6+,21-19?. The number of rotatable bonds is 4. The van der Waals surface area contributed by atoms with Crippen molar-refractivity contribution in [3.05, 3.63) is 73.5 Å². The van der Waals surface area contributed by atoms with Gasteiger partial charge in [-0.3, -0.25) is 14.9 Å². The lowest BCUT2D eigenvalue weighted by atomic mass is 10.2. The van der Waals surface area contributed by atoms with Crippen LogP contribution in [0.2, 0.25) is 0 Å². The van der Waals surface area contributed by atoms with E-state index in [9.17, 15) is 14.9 Å². The van der Waals surface area contributed by atoms with E-state index in [0.717, 1.165) is 14.7 Å². The van der Waals surface area contributed by atoms with Gasteiger partial charge in [0, 0.05) is 22.7 Å². The highest BCUT2D eigenvalue weighted by atomic mass is 79.9. The van der Waals surface area contributed by atoms with Gasteiger partial charge in [-0.15, -0.1) is 6.42 Å². The van der Waals surface area contributed by atoms with Gasteiger partial charge in [-0.1, -0.05) is 45.3 Å². The van der Waals surface area contributed by atoms with Crippen molar-refractivity contribution in [2.24, 2.45) is 4.99 Å². The number of nitro groups is 1. The summed E-state index contributed by atoms with van der Waals surface area (Å²) in [5.41, 5.74) is 1.41. The van der Waals surface area contributed by atoms with E-state index in [1.54, 1.807) is 16.7 Å². The summed E-state index contributed by atoms with van der Waals surface area (Å²) in [6.45, 7) is 0.294.